The number of carbonyl (C=O) groups is 2. The van der Waals surface area contributed by atoms with E-state index in [4.69, 9.17) is 9.47 Å². The highest BCUT2D eigenvalue weighted by molar-refractivity contribution is 5.95. The van der Waals surface area contributed by atoms with E-state index in [-0.39, 0.29) is 42.8 Å². The average Bonchev–Trinajstić information content (AvgIpc) is 2.68. The molecule has 1 aromatic rings. The molecular weight excluding hydrogens is 415 g/mol. The lowest BCUT2D eigenvalue weighted by Crippen LogP contribution is -2.51. The van der Waals surface area contributed by atoms with Crippen molar-refractivity contribution in [2.75, 3.05) is 25.1 Å². The third kappa shape index (κ3) is 6.49. The molecular formula is C21H32Cl2N2O4. The van der Waals surface area contributed by atoms with Gasteiger partial charge in [-0.1, -0.05) is 12.1 Å². The lowest BCUT2D eigenvalue weighted by molar-refractivity contribution is -0.147. The van der Waals surface area contributed by atoms with Gasteiger partial charge >= 0.3 is 11.9 Å². The van der Waals surface area contributed by atoms with Gasteiger partial charge < -0.3 is 20.1 Å². The fourth-order valence-electron chi connectivity index (χ4n) is 4.33. The first-order valence-corrected chi connectivity index (χ1v) is 10.0. The molecule has 1 heterocycles. The zero-order valence-electron chi connectivity index (χ0n) is 17.0. The summed E-state index contributed by atoms with van der Waals surface area (Å²) in [6.07, 6.45) is 4.00. The predicted molar refractivity (Wildman–Crippen MR) is 118 cm³/mol. The number of ether oxygens (including phenoxy) is 2. The van der Waals surface area contributed by atoms with E-state index in [1.54, 1.807) is 6.07 Å². The molecule has 1 aromatic carbocycles. The van der Waals surface area contributed by atoms with Crippen LogP contribution in [0.5, 0.6) is 0 Å². The fraction of sp³-hybridized carbons (Fsp3) is 0.619. The molecule has 6 nitrogen and oxygen atoms in total. The number of piperidine rings is 1. The number of hydrogen-bond donors (Lipinski definition) is 2. The summed E-state index contributed by atoms with van der Waals surface area (Å²) in [5.74, 6) is 0.660. The van der Waals surface area contributed by atoms with Gasteiger partial charge in [0.2, 0.25) is 0 Å². The highest BCUT2D eigenvalue weighted by Gasteiger charge is 2.38. The second-order valence-corrected chi connectivity index (χ2v) is 7.39. The molecule has 1 saturated heterocycles. The minimum Gasteiger partial charge on any atom is -0.465 e. The van der Waals surface area contributed by atoms with E-state index in [1.165, 1.54) is 0 Å². The zero-order chi connectivity index (χ0) is 19.2. The molecule has 29 heavy (non-hydrogen) atoms. The summed E-state index contributed by atoms with van der Waals surface area (Å²) in [6.45, 7) is 5.31. The highest BCUT2D eigenvalue weighted by atomic mass is 35.5. The molecule has 4 atom stereocenters. The molecule has 2 N–H and O–H groups in total. The van der Waals surface area contributed by atoms with Crippen molar-refractivity contribution in [3.63, 3.8) is 0 Å². The molecule has 0 radical (unpaired) electrons. The van der Waals surface area contributed by atoms with Crippen molar-refractivity contribution < 1.29 is 19.1 Å². The van der Waals surface area contributed by atoms with Crippen molar-refractivity contribution in [3.8, 4) is 0 Å². The normalized spacial score (nSPS) is 25.4. The maximum atomic E-state index is 12.2. The average molecular weight is 447 g/mol. The first-order chi connectivity index (χ1) is 13.1. The quantitative estimate of drug-likeness (QED) is 0.646. The molecule has 0 amide bonds. The summed E-state index contributed by atoms with van der Waals surface area (Å²) in [5, 5.41) is 6.90. The van der Waals surface area contributed by atoms with Crippen molar-refractivity contribution in [3.05, 3.63) is 29.8 Å². The monoisotopic (exact) mass is 446 g/mol. The SMILES string of the molecule is CCOC(=O)c1ccccc1NC1CCC2CNC(C(=O)OCC)CC2C1.Cl.Cl. The standard InChI is InChI=1S/C21H30N2O4.2ClH/c1-3-26-20(24)17-7-5-6-8-18(17)23-16-10-9-14-13-22-19(12-15(14)11-16)21(25)27-4-2;;/h5-8,14-16,19,22-23H,3-4,9-13H2,1-2H3;2*1H. The van der Waals surface area contributed by atoms with E-state index in [0.717, 1.165) is 37.9 Å². The number of rotatable bonds is 6. The molecule has 1 aliphatic carbocycles. The number of hydrogen-bond acceptors (Lipinski definition) is 6. The maximum absolute atomic E-state index is 12.2. The first kappa shape index (κ1) is 25.5. The highest BCUT2D eigenvalue weighted by Crippen LogP contribution is 2.37. The number of benzene rings is 1. The molecule has 0 spiro atoms. The number of nitrogens with one attached hydrogen (secondary N) is 2. The van der Waals surface area contributed by atoms with Crippen molar-refractivity contribution >= 4 is 42.4 Å². The van der Waals surface area contributed by atoms with E-state index in [1.807, 2.05) is 32.0 Å². The summed E-state index contributed by atoms with van der Waals surface area (Å²) in [5.41, 5.74) is 1.41. The van der Waals surface area contributed by atoms with Crippen molar-refractivity contribution in [1.29, 1.82) is 0 Å². The number of fused-ring (bicyclic) bond motifs is 1. The molecule has 2 aliphatic rings. The lowest BCUT2D eigenvalue weighted by atomic mass is 9.72. The Labute approximate surface area is 185 Å². The minimum atomic E-state index is -0.293. The number of carbonyl (C=O) groups excluding carboxylic acids is 2. The Hall–Kier alpha value is -1.50. The molecule has 8 heteroatoms. The van der Waals surface area contributed by atoms with Gasteiger partial charge in [-0.05, 0) is 70.0 Å². The molecule has 4 unspecified atom stereocenters. The van der Waals surface area contributed by atoms with Gasteiger partial charge in [0.05, 0.1) is 18.8 Å². The molecule has 1 aliphatic heterocycles. The van der Waals surface area contributed by atoms with Crippen LogP contribution in [0.2, 0.25) is 0 Å². The van der Waals surface area contributed by atoms with Crippen molar-refractivity contribution in [1.82, 2.24) is 5.32 Å². The predicted octanol–water partition coefficient (Wildman–Crippen LogP) is 3.83. The van der Waals surface area contributed by atoms with Crippen LogP contribution in [0.1, 0.15) is 49.9 Å². The Morgan fingerprint density at radius 1 is 1.03 bits per heavy atom. The summed E-state index contributed by atoms with van der Waals surface area (Å²) >= 11 is 0. The second-order valence-electron chi connectivity index (χ2n) is 7.39. The topological polar surface area (TPSA) is 76.7 Å². The fourth-order valence-corrected chi connectivity index (χ4v) is 4.33. The Morgan fingerprint density at radius 3 is 2.48 bits per heavy atom. The van der Waals surface area contributed by atoms with Gasteiger partial charge in [-0.25, -0.2) is 4.79 Å². The van der Waals surface area contributed by atoms with Crippen LogP contribution < -0.4 is 10.6 Å². The van der Waals surface area contributed by atoms with Gasteiger partial charge in [0.15, 0.2) is 0 Å². The van der Waals surface area contributed by atoms with Crippen LogP contribution in [0.15, 0.2) is 24.3 Å². The van der Waals surface area contributed by atoms with Crippen molar-refractivity contribution in [2.45, 2.75) is 51.6 Å². The molecule has 0 aromatic heterocycles. The lowest BCUT2D eigenvalue weighted by Gasteiger charge is -2.42. The molecule has 164 valence electrons. The van der Waals surface area contributed by atoms with Crippen molar-refractivity contribution in [2.24, 2.45) is 11.8 Å². The summed E-state index contributed by atoms with van der Waals surface area (Å²) in [4.78, 5) is 24.3. The van der Waals surface area contributed by atoms with E-state index in [0.29, 0.717) is 36.7 Å². The Morgan fingerprint density at radius 2 is 1.76 bits per heavy atom. The van der Waals surface area contributed by atoms with E-state index < -0.39 is 0 Å². The van der Waals surface area contributed by atoms with Gasteiger partial charge in [0.25, 0.3) is 0 Å². The van der Waals surface area contributed by atoms with E-state index >= 15 is 0 Å². The third-order valence-corrected chi connectivity index (χ3v) is 5.66. The number of halogens is 2. The smallest absolute Gasteiger partial charge is 0.340 e. The van der Waals surface area contributed by atoms with Crippen LogP contribution in [0.25, 0.3) is 0 Å². The van der Waals surface area contributed by atoms with Crippen LogP contribution >= 0.6 is 24.8 Å². The largest absolute Gasteiger partial charge is 0.465 e. The van der Waals surface area contributed by atoms with E-state index in [2.05, 4.69) is 10.6 Å². The second kappa shape index (κ2) is 12.3. The Kier molecular flexibility index (Phi) is 10.8. The summed E-state index contributed by atoms with van der Waals surface area (Å²) < 4.78 is 10.3. The van der Waals surface area contributed by atoms with Gasteiger partial charge in [-0.2, -0.15) is 0 Å². The zero-order valence-corrected chi connectivity index (χ0v) is 18.7. The molecule has 1 saturated carbocycles. The van der Waals surface area contributed by atoms with Crippen LogP contribution in [0.3, 0.4) is 0 Å². The number of para-hydroxylation sites is 1. The number of anilines is 1. The molecule has 0 bridgehead atoms. The third-order valence-electron chi connectivity index (χ3n) is 5.66. The van der Waals surface area contributed by atoms with Gasteiger partial charge in [-0.15, -0.1) is 24.8 Å². The number of esters is 2. The van der Waals surface area contributed by atoms with Crippen LogP contribution in [-0.2, 0) is 14.3 Å². The minimum absolute atomic E-state index is 0. The Balaban J connectivity index is 0.00000210. The Bertz CT molecular complexity index is 674. The summed E-state index contributed by atoms with van der Waals surface area (Å²) in [7, 11) is 0. The van der Waals surface area contributed by atoms with Crippen LogP contribution in [-0.4, -0.2) is 43.8 Å². The maximum Gasteiger partial charge on any atom is 0.340 e. The van der Waals surface area contributed by atoms with Gasteiger partial charge in [0.1, 0.15) is 6.04 Å². The van der Waals surface area contributed by atoms with Crippen LogP contribution in [0.4, 0.5) is 5.69 Å². The molecule has 2 fully saturated rings. The first-order valence-electron chi connectivity index (χ1n) is 10.0. The van der Waals surface area contributed by atoms with Crippen LogP contribution in [0, 0.1) is 11.8 Å². The van der Waals surface area contributed by atoms with Gasteiger partial charge in [0, 0.05) is 11.7 Å². The summed E-state index contributed by atoms with van der Waals surface area (Å²) in [6, 6.07) is 7.61. The van der Waals surface area contributed by atoms with Gasteiger partial charge in [-0.3, -0.25) is 4.79 Å². The van der Waals surface area contributed by atoms with E-state index in [9.17, 15) is 9.59 Å². The molecule has 3 rings (SSSR count).